The van der Waals surface area contributed by atoms with Gasteiger partial charge in [-0.2, -0.15) is 0 Å². The van der Waals surface area contributed by atoms with Gasteiger partial charge in [0.05, 0.1) is 5.60 Å². The van der Waals surface area contributed by atoms with Gasteiger partial charge in [0, 0.05) is 5.92 Å². The maximum Gasteiger partial charge on any atom is 0.0741 e. The van der Waals surface area contributed by atoms with Crippen molar-refractivity contribution in [3.05, 3.63) is 12.2 Å². The molecular weight excluding hydrogens is 148 g/mol. The van der Waals surface area contributed by atoms with Crippen molar-refractivity contribution in [3.8, 4) is 0 Å². The van der Waals surface area contributed by atoms with Crippen molar-refractivity contribution in [2.24, 2.45) is 11.8 Å². The zero-order valence-corrected chi connectivity index (χ0v) is 8.38. The molecule has 1 aliphatic carbocycles. The fourth-order valence-corrected chi connectivity index (χ4v) is 1.71. The summed E-state index contributed by atoms with van der Waals surface area (Å²) in [5, 5.41) is 10.1. The van der Waals surface area contributed by atoms with Crippen LogP contribution in [-0.4, -0.2) is 10.7 Å². The zero-order valence-electron chi connectivity index (χ0n) is 8.38. The molecule has 0 aromatic rings. The highest BCUT2D eigenvalue weighted by Crippen LogP contribution is 2.34. The highest BCUT2D eigenvalue weighted by atomic mass is 16.3. The Labute approximate surface area is 75.5 Å². The number of hydrogen-bond donors (Lipinski definition) is 1. The van der Waals surface area contributed by atoms with Crippen molar-refractivity contribution in [2.45, 2.75) is 45.6 Å². The average molecular weight is 168 g/mol. The Morgan fingerprint density at radius 3 is 2.67 bits per heavy atom. The van der Waals surface area contributed by atoms with Gasteiger partial charge in [0.15, 0.2) is 0 Å². The van der Waals surface area contributed by atoms with Gasteiger partial charge < -0.3 is 5.11 Å². The van der Waals surface area contributed by atoms with Gasteiger partial charge in [0.25, 0.3) is 0 Å². The summed E-state index contributed by atoms with van der Waals surface area (Å²) < 4.78 is 0. The van der Waals surface area contributed by atoms with Crippen LogP contribution in [-0.2, 0) is 0 Å². The van der Waals surface area contributed by atoms with E-state index in [4.69, 9.17) is 0 Å². The van der Waals surface area contributed by atoms with Crippen molar-refractivity contribution in [2.75, 3.05) is 0 Å². The first-order valence-corrected chi connectivity index (χ1v) is 4.93. The van der Waals surface area contributed by atoms with Gasteiger partial charge in [-0.15, -0.1) is 0 Å². The van der Waals surface area contributed by atoms with Crippen molar-refractivity contribution >= 4 is 0 Å². The van der Waals surface area contributed by atoms with E-state index in [2.05, 4.69) is 32.9 Å². The summed E-state index contributed by atoms with van der Waals surface area (Å²) in [6.07, 6.45) is 7.15. The molecule has 0 radical (unpaired) electrons. The molecule has 2 atom stereocenters. The van der Waals surface area contributed by atoms with Gasteiger partial charge in [-0.05, 0) is 25.2 Å². The molecule has 70 valence electrons. The lowest BCUT2D eigenvalue weighted by Crippen LogP contribution is -2.32. The summed E-state index contributed by atoms with van der Waals surface area (Å²) in [7, 11) is 0. The molecule has 12 heavy (non-hydrogen) atoms. The van der Waals surface area contributed by atoms with Crippen LogP contribution in [0.2, 0.25) is 0 Å². The van der Waals surface area contributed by atoms with Crippen LogP contribution in [0.25, 0.3) is 0 Å². The van der Waals surface area contributed by atoms with Crippen LogP contribution in [0.3, 0.4) is 0 Å². The Kier molecular flexibility index (Phi) is 2.94. The van der Waals surface area contributed by atoms with E-state index in [1.807, 2.05) is 0 Å². The predicted octanol–water partition coefficient (Wildman–Crippen LogP) is 2.75. The van der Waals surface area contributed by atoms with Crippen LogP contribution < -0.4 is 0 Å². The third kappa shape index (κ3) is 2.10. The summed E-state index contributed by atoms with van der Waals surface area (Å²) in [6.45, 7) is 6.51. The van der Waals surface area contributed by atoms with E-state index < -0.39 is 5.60 Å². The largest absolute Gasteiger partial charge is 0.389 e. The topological polar surface area (TPSA) is 20.2 Å². The number of rotatable bonds is 3. The summed E-state index contributed by atoms with van der Waals surface area (Å²) in [5.74, 6) is 1.04. The van der Waals surface area contributed by atoms with Crippen molar-refractivity contribution in [3.63, 3.8) is 0 Å². The first-order valence-electron chi connectivity index (χ1n) is 4.93. The molecule has 2 unspecified atom stereocenters. The first kappa shape index (κ1) is 9.79. The van der Waals surface area contributed by atoms with Crippen LogP contribution in [0.5, 0.6) is 0 Å². The molecule has 1 heteroatoms. The van der Waals surface area contributed by atoms with Gasteiger partial charge >= 0.3 is 0 Å². The monoisotopic (exact) mass is 168 g/mol. The van der Waals surface area contributed by atoms with Gasteiger partial charge in [-0.1, -0.05) is 32.9 Å². The fraction of sp³-hybridized carbons (Fsp3) is 0.818. The molecule has 0 spiro atoms. The number of hydrogen-bond acceptors (Lipinski definition) is 1. The lowest BCUT2D eigenvalue weighted by Gasteiger charge is -2.28. The average Bonchev–Trinajstić information content (AvgIpc) is 2.30. The normalized spacial score (nSPS) is 34.9. The minimum Gasteiger partial charge on any atom is -0.389 e. The van der Waals surface area contributed by atoms with Crippen LogP contribution in [0.1, 0.15) is 40.0 Å². The fourth-order valence-electron chi connectivity index (χ4n) is 1.71. The molecule has 0 fully saturated rings. The third-order valence-corrected chi connectivity index (χ3v) is 2.90. The molecule has 1 rings (SSSR count). The molecule has 0 bridgehead atoms. The Hall–Kier alpha value is -0.300. The maximum atomic E-state index is 10.1. The first-order chi connectivity index (χ1) is 5.54. The van der Waals surface area contributed by atoms with Crippen LogP contribution >= 0.6 is 0 Å². The maximum absolute atomic E-state index is 10.1. The van der Waals surface area contributed by atoms with E-state index in [0.29, 0.717) is 11.8 Å². The molecule has 0 saturated carbocycles. The predicted molar refractivity (Wildman–Crippen MR) is 51.9 cm³/mol. The summed E-state index contributed by atoms with van der Waals surface area (Å²) in [6, 6.07) is 0. The van der Waals surface area contributed by atoms with Crippen LogP contribution in [0.15, 0.2) is 12.2 Å². The quantitative estimate of drug-likeness (QED) is 0.642. The minimum absolute atomic E-state index is 0.344. The van der Waals surface area contributed by atoms with Crippen molar-refractivity contribution in [1.29, 1.82) is 0 Å². The molecule has 1 nitrogen and oxygen atoms in total. The van der Waals surface area contributed by atoms with Crippen LogP contribution in [0.4, 0.5) is 0 Å². The Bertz CT molecular complexity index is 172. The van der Waals surface area contributed by atoms with E-state index >= 15 is 0 Å². The Balaban J connectivity index is 2.40. The van der Waals surface area contributed by atoms with Gasteiger partial charge in [-0.25, -0.2) is 0 Å². The molecule has 0 saturated heterocycles. The lowest BCUT2D eigenvalue weighted by molar-refractivity contribution is 0.00458. The van der Waals surface area contributed by atoms with Crippen molar-refractivity contribution in [1.82, 2.24) is 0 Å². The van der Waals surface area contributed by atoms with E-state index in [9.17, 15) is 5.11 Å². The summed E-state index contributed by atoms with van der Waals surface area (Å²) >= 11 is 0. The van der Waals surface area contributed by atoms with E-state index in [0.717, 1.165) is 19.3 Å². The minimum atomic E-state index is -0.426. The summed E-state index contributed by atoms with van der Waals surface area (Å²) in [5.41, 5.74) is -0.426. The lowest BCUT2D eigenvalue weighted by atomic mass is 9.85. The summed E-state index contributed by atoms with van der Waals surface area (Å²) in [4.78, 5) is 0. The Morgan fingerprint density at radius 1 is 1.58 bits per heavy atom. The van der Waals surface area contributed by atoms with Gasteiger partial charge in [0.1, 0.15) is 0 Å². The Morgan fingerprint density at radius 2 is 2.25 bits per heavy atom. The molecule has 1 N–H and O–H groups in total. The molecular formula is C11H20O. The standard InChI is InChI=1S/C11H20O/c1-9(2)6-8-11(12)7-4-5-10(11)3/h4-5,9-10,12H,6-8H2,1-3H3. The smallest absolute Gasteiger partial charge is 0.0741 e. The molecule has 1 aliphatic rings. The highest BCUT2D eigenvalue weighted by molar-refractivity contribution is 5.08. The zero-order chi connectivity index (χ0) is 9.19. The highest BCUT2D eigenvalue weighted by Gasteiger charge is 2.34. The number of aliphatic hydroxyl groups is 1. The third-order valence-electron chi connectivity index (χ3n) is 2.90. The van der Waals surface area contributed by atoms with E-state index in [1.54, 1.807) is 0 Å². The van der Waals surface area contributed by atoms with Crippen LogP contribution in [0, 0.1) is 11.8 Å². The molecule has 0 aliphatic heterocycles. The SMILES string of the molecule is CC(C)CCC1(O)CC=CC1C. The second-order valence-corrected chi connectivity index (χ2v) is 4.46. The molecule has 0 amide bonds. The molecule has 0 aromatic carbocycles. The van der Waals surface area contributed by atoms with Gasteiger partial charge in [-0.3, -0.25) is 0 Å². The van der Waals surface area contributed by atoms with E-state index in [-0.39, 0.29) is 0 Å². The van der Waals surface area contributed by atoms with Crippen molar-refractivity contribution < 1.29 is 5.11 Å². The van der Waals surface area contributed by atoms with E-state index in [1.165, 1.54) is 0 Å². The van der Waals surface area contributed by atoms with Gasteiger partial charge in [0.2, 0.25) is 0 Å². The molecule has 0 heterocycles. The molecule has 0 aromatic heterocycles. The second-order valence-electron chi connectivity index (χ2n) is 4.46. The second kappa shape index (κ2) is 3.61.